The van der Waals surface area contributed by atoms with Crippen LogP contribution in [0.25, 0.3) is 0 Å². The van der Waals surface area contributed by atoms with E-state index >= 15 is 0 Å². The number of rotatable bonds is 10. The topological polar surface area (TPSA) is 129 Å². The molecule has 10 heteroatoms. The number of ether oxygens (including phenoxy) is 4. The lowest BCUT2D eigenvalue weighted by molar-refractivity contribution is -0.146. The van der Waals surface area contributed by atoms with Gasteiger partial charge in [-0.25, -0.2) is 9.59 Å². The molecule has 1 aliphatic rings. The quantitative estimate of drug-likeness (QED) is 0.299. The zero-order valence-corrected chi connectivity index (χ0v) is 19.5. The van der Waals surface area contributed by atoms with E-state index in [1.807, 2.05) is 48.5 Å². The standard InChI is InChI=1S/C25H28N2O8/c1-16(35-25(31)33-15-19-11-7-4-8-12-19)21-22(27-23(21)29)17(2)34-24(30)26-13-20(28)32-14-18-9-5-3-6-10-18/h3-12,16-17,21-22H,13-15H2,1-2H3,(H,26,30)(H,27,29)/t16-,17+,21-,22-/m1/s1. The van der Waals surface area contributed by atoms with E-state index in [4.69, 9.17) is 18.9 Å². The van der Waals surface area contributed by atoms with Crippen molar-refractivity contribution in [3.63, 3.8) is 0 Å². The molecule has 1 fully saturated rings. The average Bonchev–Trinajstić information content (AvgIpc) is 2.84. The highest BCUT2D eigenvalue weighted by molar-refractivity contribution is 5.87. The van der Waals surface area contributed by atoms with Gasteiger partial charge in [-0.1, -0.05) is 60.7 Å². The molecule has 10 nitrogen and oxygen atoms in total. The molecule has 0 unspecified atom stereocenters. The Morgan fingerprint density at radius 3 is 2.00 bits per heavy atom. The normalized spacial score (nSPS) is 18.2. The molecule has 2 N–H and O–H groups in total. The molecule has 35 heavy (non-hydrogen) atoms. The molecule has 0 aliphatic carbocycles. The number of carbonyl (C=O) groups excluding carboxylic acids is 4. The zero-order chi connectivity index (χ0) is 25.2. The summed E-state index contributed by atoms with van der Waals surface area (Å²) in [5.41, 5.74) is 1.62. The summed E-state index contributed by atoms with van der Waals surface area (Å²) in [6, 6.07) is 17.7. The fourth-order valence-electron chi connectivity index (χ4n) is 3.52. The molecule has 0 saturated carbocycles. The molecule has 0 radical (unpaired) electrons. The third kappa shape index (κ3) is 7.73. The first kappa shape index (κ1) is 25.5. The summed E-state index contributed by atoms with van der Waals surface area (Å²) in [5, 5.41) is 4.96. The molecule has 0 aromatic heterocycles. The Labute approximate surface area is 202 Å². The van der Waals surface area contributed by atoms with Crippen molar-refractivity contribution in [2.75, 3.05) is 6.54 Å². The molecular weight excluding hydrogens is 456 g/mol. The summed E-state index contributed by atoms with van der Waals surface area (Å²) >= 11 is 0. The van der Waals surface area contributed by atoms with Crippen LogP contribution in [0.3, 0.4) is 0 Å². The van der Waals surface area contributed by atoms with Gasteiger partial charge in [0.1, 0.15) is 32.0 Å². The number of β-lactam (4-membered cyclic amide) rings is 1. The molecule has 2 amide bonds. The number of nitrogens with one attached hydrogen (secondary N) is 2. The van der Waals surface area contributed by atoms with Crippen molar-refractivity contribution in [2.24, 2.45) is 5.92 Å². The fraction of sp³-hybridized carbons (Fsp3) is 0.360. The van der Waals surface area contributed by atoms with Crippen LogP contribution in [0.2, 0.25) is 0 Å². The summed E-state index contributed by atoms with van der Waals surface area (Å²) in [4.78, 5) is 48.0. The maximum absolute atomic E-state index is 12.1. The summed E-state index contributed by atoms with van der Waals surface area (Å²) in [7, 11) is 0. The van der Waals surface area contributed by atoms with Crippen molar-refractivity contribution in [1.29, 1.82) is 0 Å². The summed E-state index contributed by atoms with van der Waals surface area (Å²) in [6.07, 6.45) is -3.30. The highest BCUT2D eigenvalue weighted by Crippen LogP contribution is 2.26. The van der Waals surface area contributed by atoms with Gasteiger partial charge in [-0.15, -0.1) is 0 Å². The van der Waals surface area contributed by atoms with Crippen molar-refractivity contribution >= 4 is 24.1 Å². The minimum absolute atomic E-state index is 0.0418. The van der Waals surface area contributed by atoms with Crippen molar-refractivity contribution in [2.45, 2.75) is 45.3 Å². The SMILES string of the molecule is C[C@H](OC(=O)NCC(=O)OCc1ccccc1)[C@H]1NC(=O)[C@@H]1[C@@H](C)OC(=O)OCc1ccccc1. The van der Waals surface area contributed by atoms with Crippen LogP contribution in [0.4, 0.5) is 9.59 Å². The van der Waals surface area contributed by atoms with Crippen molar-refractivity contribution in [3.05, 3.63) is 71.8 Å². The smallest absolute Gasteiger partial charge is 0.460 e. The lowest BCUT2D eigenvalue weighted by Crippen LogP contribution is -2.67. The van der Waals surface area contributed by atoms with Crippen LogP contribution < -0.4 is 10.6 Å². The second-order valence-electron chi connectivity index (χ2n) is 8.02. The van der Waals surface area contributed by atoms with Crippen LogP contribution in [0.5, 0.6) is 0 Å². The van der Waals surface area contributed by atoms with Crippen molar-refractivity contribution in [1.82, 2.24) is 10.6 Å². The molecule has 3 rings (SSSR count). The van der Waals surface area contributed by atoms with E-state index in [1.165, 1.54) is 0 Å². The molecule has 186 valence electrons. The van der Waals surface area contributed by atoms with Gasteiger partial charge in [-0.3, -0.25) is 9.59 Å². The number of amides is 2. The number of benzene rings is 2. The average molecular weight is 485 g/mol. The lowest BCUT2D eigenvalue weighted by atomic mass is 9.83. The number of carbonyl (C=O) groups is 4. The Kier molecular flexibility index (Phi) is 9.05. The summed E-state index contributed by atoms with van der Waals surface area (Å²) < 4.78 is 20.7. The predicted molar refractivity (Wildman–Crippen MR) is 123 cm³/mol. The van der Waals surface area contributed by atoms with Gasteiger partial charge in [0.05, 0.1) is 12.0 Å². The Hall–Kier alpha value is -4.08. The fourth-order valence-corrected chi connectivity index (χ4v) is 3.52. The molecule has 2 aromatic rings. The van der Waals surface area contributed by atoms with Gasteiger partial charge in [0.2, 0.25) is 5.91 Å². The third-order valence-corrected chi connectivity index (χ3v) is 5.40. The van der Waals surface area contributed by atoms with Crippen molar-refractivity contribution in [3.8, 4) is 0 Å². The van der Waals surface area contributed by atoms with Crippen LogP contribution in [-0.2, 0) is 41.8 Å². The van der Waals surface area contributed by atoms with E-state index < -0.39 is 42.4 Å². The Bertz CT molecular complexity index is 1010. The van der Waals surface area contributed by atoms with Crippen LogP contribution in [0.15, 0.2) is 60.7 Å². The van der Waals surface area contributed by atoms with E-state index in [0.29, 0.717) is 0 Å². The predicted octanol–water partition coefficient (Wildman–Crippen LogP) is 2.70. The molecule has 0 spiro atoms. The lowest BCUT2D eigenvalue weighted by Gasteiger charge is -2.42. The largest absolute Gasteiger partial charge is 0.508 e. The van der Waals surface area contributed by atoms with Gasteiger partial charge in [0.15, 0.2) is 0 Å². The maximum atomic E-state index is 12.1. The first-order valence-electron chi connectivity index (χ1n) is 11.1. The van der Waals surface area contributed by atoms with Crippen LogP contribution in [-0.4, -0.2) is 48.9 Å². The monoisotopic (exact) mass is 484 g/mol. The Morgan fingerprint density at radius 1 is 0.857 bits per heavy atom. The van der Waals surface area contributed by atoms with Gasteiger partial charge < -0.3 is 29.6 Å². The Balaban J connectivity index is 1.38. The summed E-state index contributed by atoms with van der Waals surface area (Å²) in [5.74, 6) is -1.68. The number of alkyl carbamates (subject to hydrolysis) is 1. The van der Waals surface area contributed by atoms with Gasteiger partial charge in [0.25, 0.3) is 0 Å². The maximum Gasteiger partial charge on any atom is 0.508 e. The second kappa shape index (κ2) is 12.4. The van der Waals surface area contributed by atoms with E-state index in [1.54, 1.807) is 26.0 Å². The van der Waals surface area contributed by atoms with Crippen LogP contribution >= 0.6 is 0 Å². The zero-order valence-electron chi connectivity index (χ0n) is 19.5. The first-order valence-corrected chi connectivity index (χ1v) is 11.1. The summed E-state index contributed by atoms with van der Waals surface area (Å²) in [6.45, 7) is 2.92. The first-order chi connectivity index (χ1) is 16.8. The molecule has 1 aliphatic heterocycles. The molecule has 1 saturated heterocycles. The molecule has 1 heterocycles. The number of esters is 1. The molecule has 0 bridgehead atoms. The van der Waals surface area contributed by atoms with Crippen molar-refractivity contribution < 1.29 is 38.1 Å². The van der Waals surface area contributed by atoms with Gasteiger partial charge in [-0.2, -0.15) is 0 Å². The van der Waals surface area contributed by atoms with Gasteiger partial charge >= 0.3 is 18.2 Å². The third-order valence-electron chi connectivity index (χ3n) is 5.40. The van der Waals surface area contributed by atoms with E-state index in [-0.39, 0.29) is 25.7 Å². The van der Waals surface area contributed by atoms with Crippen LogP contribution in [0, 0.1) is 5.92 Å². The highest BCUT2D eigenvalue weighted by atomic mass is 16.7. The van der Waals surface area contributed by atoms with E-state index in [0.717, 1.165) is 11.1 Å². The van der Waals surface area contributed by atoms with E-state index in [9.17, 15) is 19.2 Å². The minimum atomic E-state index is -0.903. The number of hydrogen-bond donors (Lipinski definition) is 2. The van der Waals surface area contributed by atoms with Gasteiger partial charge in [0, 0.05) is 0 Å². The molecule has 2 aromatic carbocycles. The minimum Gasteiger partial charge on any atom is -0.460 e. The van der Waals surface area contributed by atoms with Crippen LogP contribution in [0.1, 0.15) is 25.0 Å². The number of hydrogen-bond acceptors (Lipinski definition) is 8. The molecule has 4 atom stereocenters. The Morgan fingerprint density at radius 2 is 1.43 bits per heavy atom. The van der Waals surface area contributed by atoms with Gasteiger partial charge in [-0.05, 0) is 25.0 Å². The van der Waals surface area contributed by atoms with E-state index in [2.05, 4.69) is 10.6 Å². The molecular formula is C25H28N2O8. The second-order valence-corrected chi connectivity index (χ2v) is 8.02. The highest BCUT2D eigenvalue weighted by Gasteiger charge is 2.48.